The summed E-state index contributed by atoms with van der Waals surface area (Å²) in [6, 6.07) is 7.78. The molecular formula is C21H19F3N4O2. The number of alkyl halides is 3. The van der Waals surface area contributed by atoms with Gasteiger partial charge in [-0.15, -0.1) is 0 Å². The van der Waals surface area contributed by atoms with Crippen LogP contribution in [0.15, 0.2) is 47.1 Å². The molecule has 1 amide bonds. The number of furan rings is 1. The van der Waals surface area contributed by atoms with Gasteiger partial charge in [0.25, 0.3) is 5.91 Å². The fourth-order valence-electron chi connectivity index (χ4n) is 4.21. The Morgan fingerprint density at radius 2 is 2.03 bits per heavy atom. The SMILES string of the molecule is O=C(Nc1ccc2c(c1)CCC2)c1cc2n(n1)[C@H](C(F)(F)F)C[C@@H](c1ccco1)N2. The summed E-state index contributed by atoms with van der Waals surface area (Å²) in [6.07, 6.45) is -0.302. The number of aryl methyl sites for hydroxylation is 2. The molecule has 6 nitrogen and oxygen atoms in total. The highest BCUT2D eigenvalue weighted by Crippen LogP contribution is 2.43. The molecule has 2 N–H and O–H groups in total. The number of nitrogens with one attached hydrogen (secondary N) is 2. The third-order valence-corrected chi connectivity index (χ3v) is 5.67. The van der Waals surface area contributed by atoms with Crippen molar-refractivity contribution in [1.29, 1.82) is 0 Å². The van der Waals surface area contributed by atoms with Gasteiger partial charge in [-0.2, -0.15) is 18.3 Å². The lowest BCUT2D eigenvalue weighted by atomic mass is 10.0. The monoisotopic (exact) mass is 416 g/mol. The van der Waals surface area contributed by atoms with Crippen molar-refractivity contribution < 1.29 is 22.4 Å². The number of halogens is 3. The molecule has 3 aromatic rings. The van der Waals surface area contributed by atoms with Crippen LogP contribution in [0.25, 0.3) is 0 Å². The molecule has 2 aromatic heterocycles. The van der Waals surface area contributed by atoms with E-state index in [2.05, 4.69) is 15.7 Å². The first kappa shape index (κ1) is 18.8. The summed E-state index contributed by atoms with van der Waals surface area (Å²) in [5.74, 6) is -0.0166. The van der Waals surface area contributed by atoms with Gasteiger partial charge in [0.15, 0.2) is 11.7 Å². The van der Waals surface area contributed by atoms with Gasteiger partial charge in [-0.3, -0.25) is 4.79 Å². The van der Waals surface area contributed by atoms with Crippen LogP contribution >= 0.6 is 0 Å². The van der Waals surface area contributed by atoms with E-state index in [1.54, 1.807) is 12.1 Å². The maximum absolute atomic E-state index is 13.7. The maximum Gasteiger partial charge on any atom is 0.410 e. The molecule has 0 unspecified atom stereocenters. The molecule has 2 aliphatic rings. The van der Waals surface area contributed by atoms with Gasteiger partial charge in [0.1, 0.15) is 11.6 Å². The van der Waals surface area contributed by atoms with E-state index >= 15 is 0 Å². The average molecular weight is 416 g/mol. The largest absolute Gasteiger partial charge is 0.467 e. The summed E-state index contributed by atoms with van der Waals surface area (Å²) in [5.41, 5.74) is 3.00. The molecule has 9 heteroatoms. The Morgan fingerprint density at radius 3 is 2.80 bits per heavy atom. The fourth-order valence-corrected chi connectivity index (χ4v) is 4.21. The van der Waals surface area contributed by atoms with E-state index in [1.165, 1.54) is 23.5 Å². The maximum atomic E-state index is 13.7. The van der Waals surface area contributed by atoms with E-state index in [0.717, 1.165) is 23.9 Å². The zero-order valence-corrected chi connectivity index (χ0v) is 15.9. The Hall–Kier alpha value is -3.23. The summed E-state index contributed by atoms with van der Waals surface area (Å²) < 4.78 is 47.2. The third kappa shape index (κ3) is 3.34. The van der Waals surface area contributed by atoms with Crippen molar-refractivity contribution in [1.82, 2.24) is 9.78 Å². The number of rotatable bonds is 3. The summed E-state index contributed by atoms with van der Waals surface area (Å²) in [6.45, 7) is 0. The highest BCUT2D eigenvalue weighted by Gasteiger charge is 2.47. The lowest BCUT2D eigenvalue weighted by molar-refractivity contribution is -0.174. The first-order valence-corrected chi connectivity index (χ1v) is 9.78. The van der Waals surface area contributed by atoms with Gasteiger partial charge < -0.3 is 15.1 Å². The lowest BCUT2D eigenvalue weighted by Crippen LogP contribution is -2.35. The van der Waals surface area contributed by atoms with Gasteiger partial charge in [-0.05, 0) is 54.7 Å². The molecule has 0 saturated heterocycles. The van der Waals surface area contributed by atoms with E-state index in [-0.39, 0.29) is 17.9 Å². The zero-order chi connectivity index (χ0) is 20.9. The van der Waals surface area contributed by atoms with E-state index in [4.69, 9.17) is 4.42 Å². The number of anilines is 2. The van der Waals surface area contributed by atoms with Gasteiger partial charge in [0, 0.05) is 18.2 Å². The van der Waals surface area contributed by atoms with Crippen molar-refractivity contribution in [3.8, 4) is 0 Å². The number of carbonyl (C=O) groups excluding carboxylic acids is 1. The van der Waals surface area contributed by atoms with Gasteiger partial charge in [-0.25, -0.2) is 4.68 Å². The molecule has 0 spiro atoms. The fraction of sp³-hybridized carbons (Fsp3) is 0.333. The average Bonchev–Trinajstić information content (AvgIpc) is 3.44. The lowest BCUT2D eigenvalue weighted by Gasteiger charge is -2.32. The molecule has 0 fully saturated rings. The smallest absolute Gasteiger partial charge is 0.410 e. The summed E-state index contributed by atoms with van der Waals surface area (Å²) in [4.78, 5) is 12.7. The van der Waals surface area contributed by atoms with Crippen LogP contribution < -0.4 is 10.6 Å². The molecule has 2 atom stereocenters. The summed E-state index contributed by atoms with van der Waals surface area (Å²) in [5, 5.41) is 9.72. The number of benzene rings is 1. The number of hydrogen-bond donors (Lipinski definition) is 2. The molecule has 5 rings (SSSR count). The number of hydrogen-bond acceptors (Lipinski definition) is 4. The van der Waals surface area contributed by atoms with Crippen molar-refractivity contribution in [2.75, 3.05) is 10.6 Å². The van der Waals surface area contributed by atoms with Crippen molar-refractivity contribution in [2.24, 2.45) is 0 Å². The van der Waals surface area contributed by atoms with Crippen LogP contribution in [0.2, 0.25) is 0 Å². The van der Waals surface area contributed by atoms with Crippen LogP contribution in [-0.2, 0) is 12.8 Å². The number of nitrogens with zero attached hydrogens (tertiary/aromatic N) is 2. The van der Waals surface area contributed by atoms with E-state index in [1.807, 2.05) is 18.2 Å². The second-order valence-corrected chi connectivity index (χ2v) is 7.66. The van der Waals surface area contributed by atoms with Crippen LogP contribution in [0, 0.1) is 0 Å². The van der Waals surface area contributed by atoms with Crippen LogP contribution in [0.3, 0.4) is 0 Å². The predicted octanol–water partition coefficient (Wildman–Crippen LogP) is 4.88. The molecule has 30 heavy (non-hydrogen) atoms. The van der Waals surface area contributed by atoms with Crippen molar-refractivity contribution >= 4 is 17.4 Å². The Morgan fingerprint density at radius 1 is 1.20 bits per heavy atom. The standard InChI is InChI=1S/C21H19F3N4O2/c22-21(23,24)18-10-15(17-5-2-8-30-17)26-19-11-16(27-28(18)19)20(29)25-14-7-6-12-3-1-4-13(12)9-14/h2,5-9,11,15,18,26H,1,3-4,10H2,(H,25,29)/t15-,18-/m0/s1. The Balaban J connectivity index is 1.42. The molecule has 1 aliphatic heterocycles. The highest BCUT2D eigenvalue weighted by atomic mass is 19.4. The number of aromatic nitrogens is 2. The van der Waals surface area contributed by atoms with Crippen molar-refractivity contribution in [3.63, 3.8) is 0 Å². The normalized spacial score (nSPS) is 20.4. The van der Waals surface area contributed by atoms with Crippen LogP contribution in [0.1, 0.15) is 52.3 Å². The second-order valence-electron chi connectivity index (χ2n) is 7.66. The molecule has 3 heterocycles. The van der Waals surface area contributed by atoms with Gasteiger partial charge >= 0.3 is 6.18 Å². The molecule has 156 valence electrons. The van der Waals surface area contributed by atoms with Crippen LogP contribution in [0.4, 0.5) is 24.7 Å². The first-order chi connectivity index (χ1) is 14.4. The quantitative estimate of drug-likeness (QED) is 0.639. The minimum Gasteiger partial charge on any atom is -0.467 e. The van der Waals surface area contributed by atoms with E-state index < -0.39 is 24.2 Å². The summed E-state index contributed by atoms with van der Waals surface area (Å²) >= 11 is 0. The molecule has 0 radical (unpaired) electrons. The third-order valence-electron chi connectivity index (χ3n) is 5.67. The molecule has 0 saturated carbocycles. The molecule has 1 aliphatic carbocycles. The van der Waals surface area contributed by atoms with Crippen LogP contribution in [-0.4, -0.2) is 21.9 Å². The molecule has 0 bridgehead atoms. The number of amides is 1. The van der Waals surface area contributed by atoms with Gasteiger partial charge in [0.2, 0.25) is 0 Å². The number of carbonyl (C=O) groups is 1. The van der Waals surface area contributed by atoms with E-state index in [9.17, 15) is 18.0 Å². The van der Waals surface area contributed by atoms with E-state index in [0.29, 0.717) is 11.4 Å². The second kappa shape index (κ2) is 6.93. The minimum atomic E-state index is -4.51. The van der Waals surface area contributed by atoms with Crippen LogP contribution in [0.5, 0.6) is 0 Å². The minimum absolute atomic E-state index is 0.0765. The number of fused-ring (bicyclic) bond motifs is 2. The van der Waals surface area contributed by atoms with Crippen molar-refractivity contribution in [2.45, 2.75) is 43.9 Å². The predicted molar refractivity (Wildman–Crippen MR) is 103 cm³/mol. The molecular weight excluding hydrogens is 397 g/mol. The highest BCUT2D eigenvalue weighted by molar-refractivity contribution is 6.03. The Bertz CT molecular complexity index is 1090. The Labute approximate surface area is 170 Å². The van der Waals surface area contributed by atoms with Gasteiger partial charge in [-0.1, -0.05) is 6.07 Å². The molecule has 1 aromatic carbocycles. The first-order valence-electron chi connectivity index (χ1n) is 9.78. The van der Waals surface area contributed by atoms with Gasteiger partial charge in [0.05, 0.1) is 12.3 Å². The van der Waals surface area contributed by atoms with Crippen molar-refractivity contribution in [3.05, 3.63) is 65.2 Å². The summed E-state index contributed by atoms with van der Waals surface area (Å²) in [7, 11) is 0. The zero-order valence-electron chi connectivity index (χ0n) is 15.9. The Kier molecular flexibility index (Phi) is 4.34. The topological polar surface area (TPSA) is 72.1 Å².